The van der Waals surface area contributed by atoms with Gasteiger partial charge < -0.3 is 9.73 Å². The number of nitrogens with one attached hydrogen (secondary N) is 1. The number of halogens is 1. The number of carbonyl (C=O) groups excluding carboxylic acids is 1. The van der Waals surface area contributed by atoms with Gasteiger partial charge >= 0.3 is 0 Å². The Morgan fingerprint density at radius 2 is 2.09 bits per heavy atom. The second-order valence-electron chi connectivity index (χ2n) is 5.32. The van der Waals surface area contributed by atoms with Crippen molar-refractivity contribution in [1.29, 1.82) is 0 Å². The molecule has 0 fully saturated rings. The van der Waals surface area contributed by atoms with E-state index in [0.29, 0.717) is 23.4 Å². The molecule has 0 aliphatic heterocycles. The van der Waals surface area contributed by atoms with Crippen molar-refractivity contribution >= 4 is 17.7 Å². The van der Waals surface area contributed by atoms with Crippen molar-refractivity contribution in [2.24, 2.45) is 5.92 Å². The average Bonchev–Trinajstić information content (AvgIpc) is 2.94. The largest absolute Gasteiger partial charge is 0.431 e. The summed E-state index contributed by atoms with van der Waals surface area (Å²) in [5, 5.41) is 3.29. The first-order valence-electron chi connectivity index (χ1n) is 7.16. The molecule has 118 valence electrons. The molecule has 1 heterocycles. The van der Waals surface area contributed by atoms with E-state index in [1.807, 2.05) is 0 Å². The van der Waals surface area contributed by atoms with Crippen molar-refractivity contribution in [3.05, 3.63) is 36.3 Å². The number of oxazole rings is 1. The Kier molecular flexibility index (Phi) is 6.00. The molecule has 0 saturated carbocycles. The first kappa shape index (κ1) is 16.5. The molecule has 0 aliphatic carbocycles. The second-order valence-corrected chi connectivity index (χ2v) is 6.25. The number of benzene rings is 1. The fourth-order valence-corrected chi connectivity index (χ4v) is 2.38. The number of rotatable bonds is 7. The predicted octanol–water partition coefficient (Wildman–Crippen LogP) is 3.74. The molecule has 0 unspecified atom stereocenters. The molecule has 0 bridgehead atoms. The lowest BCUT2D eigenvalue weighted by Gasteiger charge is -2.05. The molecule has 1 aromatic heterocycles. The van der Waals surface area contributed by atoms with Crippen LogP contribution >= 0.6 is 11.8 Å². The van der Waals surface area contributed by atoms with Crippen molar-refractivity contribution in [1.82, 2.24) is 10.3 Å². The van der Waals surface area contributed by atoms with E-state index in [1.165, 1.54) is 23.9 Å². The highest BCUT2D eigenvalue weighted by Gasteiger charge is 2.09. The van der Waals surface area contributed by atoms with Gasteiger partial charge in [0.25, 0.3) is 5.22 Å². The molecular formula is C16H19FN2O2S. The molecule has 1 aromatic carbocycles. The standard InChI is InChI=1S/C16H19FN2O2S/c1-11(2)7-8-18-15(20)10-22-16-19-9-14(21-16)12-3-5-13(17)6-4-12/h3-6,9,11H,7-8,10H2,1-2H3,(H,18,20). The lowest BCUT2D eigenvalue weighted by atomic mass is 10.1. The number of carbonyl (C=O) groups is 1. The molecule has 0 atom stereocenters. The van der Waals surface area contributed by atoms with Gasteiger partial charge in [0.05, 0.1) is 11.9 Å². The molecule has 22 heavy (non-hydrogen) atoms. The summed E-state index contributed by atoms with van der Waals surface area (Å²) >= 11 is 1.24. The quantitative estimate of drug-likeness (QED) is 0.789. The number of hydrogen-bond acceptors (Lipinski definition) is 4. The monoisotopic (exact) mass is 322 g/mol. The summed E-state index contributed by atoms with van der Waals surface area (Å²) in [5.41, 5.74) is 0.752. The molecular weight excluding hydrogens is 303 g/mol. The van der Waals surface area contributed by atoms with Gasteiger partial charge in [-0.3, -0.25) is 4.79 Å². The SMILES string of the molecule is CC(C)CCNC(=O)CSc1ncc(-c2ccc(F)cc2)o1. The number of aromatic nitrogens is 1. The van der Waals surface area contributed by atoms with Gasteiger partial charge in [-0.05, 0) is 36.6 Å². The van der Waals surface area contributed by atoms with Crippen LogP contribution in [0.15, 0.2) is 40.1 Å². The Labute approximate surface area is 133 Å². The van der Waals surface area contributed by atoms with Gasteiger partial charge in [0, 0.05) is 12.1 Å². The van der Waals surface area contributed by atoms with E-state index < -0.39 is 0 Å². The van der Waals surface area contributed by atoms with Crippen LogP contribution < -0.4 is 5.32 Å². The van der Waals surface area contributed by atoms with Gasteiger partial charge in [-0.2, -0.15) is 0 Å². The van der Waals surface area contributed by atoms with Crippen LogP contribution in [0, 0.1) is 11.7 Å². The highest BCUT2D eigenvalue weighted by Crippen LogP contribution is 2.25. The van der Waals surface area contributed by atoms with E-state index in [-0.39, 0.29) is 17.5 Å². The highest BCUT2D eigenvalue weighted by atomic mass is 32.2. The van der Waals surface area contributed by atoms with E-state index in [1.54, 1.807) is 18.3 Å². The summed E-state index contributed by atoms with van der Waals surface area (Å²) < 4.78 is 18.4. The number of nitrogens with zero attached hydrogens (tertiary/aromatic N) is 1. The van der Waals surface area contributed by atoms with Crippen LogP contribution in [0.25, 0.3) is 11.3 Å². The van der Waals surface area contributed by atoms with Gasteiger partial charge in [-0.1, -0.05) is 25.6 Å². The van der Waals surface area contributed by atoms with Gasteiger partial charge in [0.1, 0.15) is 5.82 Å². The molecule has 0 radical (unpaired) electrons. The zero-order chi connectivity index (χ0) is 15.9. The normalized spacial score (nSPS) is 10.9. The van der Waals surface area contributed by atoms with Crippen molar-refractivity contribution in [2.75, 3.05) is 12.3 Å². The molecule has 4 nitrogen and oxygen atoms in total. The van der Waals surface area contributed by atoms with Gasteiger partial charge in [0.2, 0.25) is 5.91 Å². The van der Waals surface area contributed by atoms with Gasteiger partial charge in [0.15, 0.2) is 5.76 Å². The molecule has 1 amide bonds. The third-order valence-electron chi connectivity index (χ3n) is 2.98. The fraction of sp³-hybridized carbons (Fsp3) is 0.375. The molecule has 0 aliphatic rings. The average molecular weight is 322 g/mol. The Bertz CT molecular complexity index is 611. The summed E-state index contributed by atoms with van der Waals surface area (Å²) in [6.07, 6.45) is 2.54. The first-order chi connectivity index (χ1) is 10.5. The number of amides is 1. The van der Waals surface area contributed by atoms with Crippen LogP contribution in [0.5, 0.6) is 0 Å². The van der Waals surface area contributed by atoms with Gasteiger partial charge in [-0.15, -0.1) is 0 Å². The molecule has 2 aromatic rings. The third kappa shape index (κ3) is 5.18. The van der Waals surface area contributed by atoms with Crippen molar-refractivity contribution < 1.29 is 13.6 Å². The molecule has 2 rings (SSSR count). The first-order valence-corrected chi connectivity index (χ1v) is 8.14. The highest BCUT2D eigenvalue weighted by molar-refractivity contribution is 7.99. The summed E-state index contributed by atoms with van der Waals surface area (Å²) in [5.74, 6) is 1.06. The van der Waals surface area contributed by atoms with E-state index in [4.69, 9.17) is 4.42 Å². The summed E-state index contributed by atoms with van der Waals surface area (Å²) in [4.78, 5) is 15.8. The number of hydrogen-bond donors (Lipinski definition) is 1. The summed E-state index contributed by atoms with van der Waals surface area (Å²) in [7, 11) is 0. The van der Waals surface area contributed by atoms with E-state index in [9.17, 15) is 9.18 Å². The lowest BCUT2D eigenvalue weighted by Crippen LogP contribution is -2.26. The lowest BCUT2D eigenvalue weighted by molar-refractivity contribution is -0.118. The van der Waals surface area contributed by atoms with Crippen LogP contribution in [-0.4, -0.2) is 23.2 Å². The summed E-state index contributed by atoms with van der Waals surface area (Å²) in [6.45, 7) is 4.92. The van der Waals surface area contributed by atoms with E-state index >= 15 is 0 Å². The van der Waals surface area contributed by atoms with Crippen molar-refractivity contribution in [2.45, 2.75) is 25.5 Å². The smallest absolute Gasteiger partial charge is 0.256 e. The van der Waals surface area contributed by atoms with E-state index in [0.717, 1.165) is 12.0 Å². The zero-order valence-corrected chi connectivity index (χ0v) is 13.5. The molecule has 0 saturated heterocycles. The molecule has 1 N–H and O–H groups in total. The minimum absolute atomic E-state index is 0.0350. The van der Waals surface area contributed by atoms with Crippen LogP contribution in [0.4, 0.5) is 4.39 Å². The number of thioether (sulfide) groups is 1. The van der Waals surface area contributed by atoms with Gasteiger partial charge in [-0.25, -0.2) is 9.37 Å². The maximum atomic E-state index is 12.9. The fourth-order valence-electron chi connectivity index (χ4n) is 1.75. The maximum absolute atomic E-state index is 12.9. The van der Waals surface area contributed by atoms with Crippen LogP contribution in [0.1, 0.15) is 20.3 Å². The van der Waals surface area contributed by atoms with Crippen LogP contribution in [0.3, 0.4) is 0 Å². The Morgan fingerprint density at radius 1 is 1.36 bits per heavy atom. The molecule has 6 heteroatoms. The topological polar surface area (TPSA) is 55.1 Å². The molecule has 0 spiro atoms. The Hall–Kier alpha value is -1.82. The summed E-state index contributed by atoms with van der Waals surface area (Å²) in [6, 6.07) is 5.99. The maximum Gasteiger partial charge on any atom is 0.256 e. The zero-order valence-electron chi connectivity index (χ0n) is 12.6. The predicted molar refractivity (Wildman–Crippen MR) is 85.1 cm³/mol. The Balaban J connectivity index is 1.82. The van der Waals surface area contributed by atoms with Crippen LogP contribution in [0.2, 0.25) is 0 Å². The minimum Gasteiger partial charge on any atom is -0.431 e. The minimum atomic E-state index is -0.295. The second kappa shape index (κ2) is 7.98. The Morgan fingerprint density at radius 3 is 2.77 bits per heavy atom. The van der Waals surface area contributed by atoms with Crippen molar-refractivity contribution in [3.8, 4) is 11.3 Å². The third-order valence-corrected chi connectivity index (χ3v) is 3.83. The van der Waals surface area contributed by atoms with Crippen molar-refractivity contribution in [3.63, 3.8) is 0 Å². The van der Waals surface area contributed by atoms with E-state index in [2.05, 4.69) is 24.1 Å². The van der Waals surface area contributed by atoms with Crippen LogP contribution in [-0.2, 0) is 4.79 Å².